The minimum atomic E-state index is -1.85. The van der Waals surface area contributed by atoms with Gasteiger partial charge in [-0.15, -0.1) is 0 Å². The molecule has 0 bridgehead atoms. The van der Waals surface area contributed by atoms with E-state index in [4.69, 9.17) is 13.9 Å². The first-order valence-electron chi connectivity index (χ1n) is 14.3. The highest BCUT2D eigenvalue weighted by Gasteiger charge is 2.44. The third-order valence-electron chi connectivity index (χ3n) is 8.35. The van der Waals surface area contributed by atoms with E-state index in [2.05, 4.69) is 40.8 Å². The van der Waals surface area contributed by atoms with Crippen LogP contribution in [0.15, 0.2) is 0 Å². The average Bonchev–Trinajstić information content (AvgIpc) is 3.42. The molecule has 0 saturated carbocycles. The van der Waals surface area contributed by atoms with Crippen LogP contribution in [-0.4, -0.2) is 50.6 Å². The Balaban J connectivity index is 1.79. The van der Waals surface area contributed by atoms with Gasteiger partial charge in [-0.05, 0) is 50.2 Å². The van der Waals surface area contributed by atoms with E-state index in [0.29, 0.717) is 0 Å². The minimum Gasteiger partial charge on any atom is -0.411 e. The van der Waals surface area contributed by atoms with Gasteiger partial charge in [-0.1, -0.05) is 91.9 Å². The lowest BCUT2D eigenvalue weighted by molar-refractivity contribution is -0.0958. The van der Waals surface area contributed by atoms with Crippen LogP contribution >= 0.6 is 0 Å². The first-order valence-corrected chi connectivity index (χ1v) is 17.2. The monoisotopic (exact) mass is 484 g/mol. The maximum absolute atomic E-state index is 9.41. The van der Waals surface area contributed by atoms with E-state index in [1.54, 1.807) is 0 Å². The van der Waals surface area contributed by atoms with E-state index in [0.717, 1.165) is 32.1 Å². The summed E-state index contributed by atoms with van der Waals surface area (Å²) in [5.74, 6) is 0. The van der Waals surface area contributed by atoms with E-state index in [-0.39, 0.29) is 42.2 Å². The average molecular weight is 485 g/mol. The van der Waals surface area contributed by atoms with Gasteiger partial charge in [0.15, 0.2) is 8.32 Å². The van der Waals surface area contributed by atoms with Crippen molar-refractivity contribution < 1.29 is 19.0 Å². The zero-order chi connectivity index (χ0) is 24.3. The highest BCUT2D eigenvalue weighted by Crippen LogP contribution is 2.40. The number of rotatable bonds is 16. The first kappa shape index (κ1) is 29.3. The van der Waals surface area contributed by atoms with Crippen LogP contribution < -0.4 is 0 Å². The van der Waals surface area contributed by atoms with Crippen LogP contribution in [0, 0.1) is 0 Å². The van der Waals surface area contributed by atoms with Crippen molar-refractivity contribution in [2.24, 2.45) is 0 Å². The second-order valence-corrected chi connectivity index (χ2v) is 17.0. The zero-order valence-electron chi connectivity index (χ0n) is 22.9. The molecule has 5 heteroatoms. The lowest BCUT2D eigenvalue weighted by atomic mass is 10.0. The van der Waals surface area contributed by atoms with Crippen molar-refractivity contribution in [2.75, 3.05) is 6.61 Å². The third-order valence-corrected chi connectivity index (χ3v) is 12.9. The van der Waals surface area contributed by atoms with Crippen molar-refractivity contribution in [3.8, 4) is 0 Å². The lowest BCUT2D eigenvalue weighted by Crippen LogP contribution is -2.47. The summed E-state index contributed by atoms with van der Waals surface area (Å²) in [5.41, 5.74) is 0. The van der Waals surface area contributed by atoms with Gasteiger partial charge in [-0.3, -0.25) is 0 Å². The Hall–Kier alpha value is 0.0569. The fourth-order valence-corrected chi connectivity index (χ4v) is 6.47. The number of hydrogen-bond donors (Lipinski definition) is 1. The number of hydrogen-bond acceptors (Lipinski definition) is 4. The molecular formula is C28H56O4Si. The van der Waals surface area contributed by atoms with Crippen molar-refractivity contribution >= 4 is 8.32 Å². The Morgan fingerprint density at radius 2 is 1.36 bits per heavy atom. The standard InChI is InChI=1S/C28H56O4Si/c1-7-8-9-10-11-12-13-14-15-16-17-27(32-33(5,6)28(2,3)4)26-21-20-25(31-26)24-19-18-23(22-29)30-24/h23-27,29H,7-22H2,1-6H3/t23-,24+,25-,26-,27-/m1/s1. The molecule has 1 N–H and O–H groups in total. The molecule has 0 aromatic carbocycles. The maximum atomic E-state index is 9.41. The largest absolute Gasteiger partial charge is 0.411 e. The van der Waals surface area contributed by atoms with Gasteiger partial charge in [0.25, 0.3) is 0 Å². The van der Waals surface area contributed by atoms with Crippen LogP contribution in [0.3, 0.4) is 0 Å². The third kappa shape index (κ3) is 9.91. The first-order chi connectivity index (χ1) is 15.7. The molecule has 2 rings (SSSR count). The van der Waals surface area contributed by atoms with Gasteiger partial charge in [-0.2, -0.15) is 0 Å². The minimum absolute atomic E-state index is 0.00331. The number of unbranched alkanes of at least 4 members (excludes halogenated alkanes) is 9. The summed E-state index contributed by atoms with van der Waals surface area (Å²) >= 11 is 0. The smallest absolute Gasteiger partial charge is 0.192 e. The summed E-state index contributed by atoms with van der Waals surface area (Å²) in [6, 6.07) is 0. The Kier molecular flexibility index (Phi) is 12.9. The molecule has 0 aromatic heterocycles. The molecule has 2 aliphatic heterocycles. The molecule has 0 spiro atoms. The van der Waals surface area contributed by atoms with Crippen LogP contribution in [0.25, 0.3) is 0 Å². The fraction of sp³-hybridized carbons (Fsp3) is 1.00. The number of ether oxygens (including phenoxy) is 2. The van der Waals surface area contributed by atoms with Crippen LogP contribution in [-0.2, 0) is 13.9 Å². The molecule has 0 radical (unpaired) electrons. The predicted octanol–water partition coefficient (Wildman–Crippen LogP) is 7.78. The van der Waals surface area contributed by atoms with Gasteiger partial charge < -0.3 is 19.0 Å². The Bertz CT molecular complexity index is 519. The molecule has 2 saturated heterocycles. The molecule has 2 aliphatic rings. The van der Waals surface area contributed by atoms with Gasteiger partial charge in [0.05, 0.1) is 37.1 Å². The summed E-state index contributed by atoms with van der Waals surface area (Å²) in [5, 5.41) is 9.62. The van der Waals surface area contributed by atoms with E-state index in [9.17, 15) is 5.11 Å². The van der Waals surface area contributed by atoms with Crippen molar-refractivity contribution in [3.05, 3.63) is 0 Å². The van der Waals surface area contributed by atoms with Crippen LogP contribution in [0.5, 0.6) is 0 Å². The van der Waals surface area contributed by atoms with Gasteiger partial charge in [-0.25, -0.2) is 0 Å². The Morgan fingerprint density at radius 3 is 1.91 bits per heavy atom. The summed E-state index contributed by atoms with van der Waals surface area (Å²) in [6.07, 6.45) is 19.6. The second kappa shape index (κ2) is 14.6. The van der Waals surface area contributed by atoms with Crippen LogP contribution in [0.1, 0.15) is 124 Å². The normalized spacial score (nSPS) is 27.4. The van der Waals surface area contributed by atoms with Gasteiger partial charge in [0.1, 0.15) is 0 Å². The molecule has 0 aliphatic carbocycles. The van der Waals surface area contributed by atoms with E-state index in [1.807, 2.05) is 0 Å². The highest BCUT2D eigenvalue weighted by atomic mass is 28.4. The van der Waals surface area contributed by atoms with E-state index in [1.165, 1.54) is 64.2 Å². The summed E-state index contributed by atoms with van der Waals surface area (Å²) in [4.78, 5) is 0. The fourth-order valence-electron chi connectivity index (χ4n) is 5.09. The van der Waals surface area contributed by atoms with Crippen molar-refractivity contribution in [3.63, 3.8) is 0 Å². The summed E-state index contributed by atoms with van der Waals surface area (Å²) in [6.45, 7) is 14.1. The Morgan fingerprint density at radius 1 is 0.818 bits per heavy atom. The van der Waals surface area contributed by atoms with Crippen LogP contribution in [0.2, 0.25) is 18.1 Å². The summed E-state index contributed by atoms with van der Waals surface area (Å²) in [7, 11) is -1.85. The lowest BCUT2D eigenvalue weighted by Gasteiger charge is -2.41. The number of aliphatic hydroxyl groups excluding tert-OH is 1. The summed E-state index contributed by atoms with van der Waals surface area (Å²) < 4.78 is 19.6. The second-order valence-electron chi connectivity index (χ2n) is 12.2. The van der Waals surface area contributed by atoms with Gasteiger partial charge in [0, 0.05) is 0 Å². The number of aliphatic hydroxyl groups is 1. The Labute approximate surface area is 206 Å². The molecule has 2 fully saturated rings. The molecule has 0 amide bonds. The molecule has 196 valence electrons. The molecule has 0 unspecified atom stereocenters. The zero-order valence-corrected chi connectivity index (χ0v) is 23.9. The highest BCUT2D eigenvalue weighted by molar-refractivity contribution is 6.74. The quantitative estimate of drug-likeness (QED) is 0.179. The van der Waals surface area contributed by atoms with Gasteiger partial charge >= 0.3 is 0 Å². The predicted molar refractivity (Wildman–Crippen MR) is 141 cm³/mol. The van der Waals surface area contributed by atoms with E-state index >= 15 is 0 Å². The SMILES string of the molecule is CCCCCCCCCCCC[C@@H](O[Si](C)(C)C(C)(C)C)[C@H]1CC[C@H]([C@@H]2CC[C@H](CO)O2)O1. The molecule has 33 heavy (non-hydrogen) atoms. The maximum Gasteiger partial charge on any atom is 0.192 e. The van der Waals surface area contributed by atoms with Gasteiger partial charge in [0.2, 0.25) is 0 Å². The molecule has 0 aromatic rings. The van der Waals surface area contributed by atoms with Crippen molar-refractivity contribution in [1.29, 1.82) is 0 Å². The van der Waals surface area contributed by atoms with E-state index < -0.39 is 8.32 Å². The molecule has 5 atom stereocenters. The molecule has 4 nitrogen and oxygen atoms in total. The molecule has 2 heterocycles. The topological polar surface area (TPSA) is 47.9 Å². The molecular weight excluding hydrogens is 428 g/mol. The van der Waals surface area contributed by atoms with Crippen LogP contribution in [0.4, 0.5) is 0 Å². The van der Waals surface area contributed by atoms with Crippen molar-refractivity contribution in [1.82, 2.24) is 0 Å². The van der Waals surface area contributed by atoms with Crippen molar-refractivity contribution in [2.45, 2.75) is 173 Å².